The molecule has 22 heavy (non-hydrogen) atoms. The van der Waals surface area contributed by atoms with Crippen LogP contribution in [0, 0.1) is 5.82 Å². The molecule has 116 valence electrons. The van der Waals surface area contributed by atoms with Crippen LogP contribution in [0.2, 0.25) is 0 Å². The molecule has 3 nitrogen and oxygen atoms in total. The first-order chi connectivity index (χ1) is 10.7. The van der Waals surface area contributed by atoms with Gasteiger partial charge in [-0.1, -0.05) is 43.7 Å². The molecule has 0 saturated carbocycles. The van der Waals surface area contributed by atoms with Crippen LogP contribution in [0.25, 0.3) is 0 Å². The van der Waals surface area contributed by atoms with Gasteiger partial charge in [-0.25, -0.2) is 4.39 Å². The van der Waals surface area contributed by atoms with Crippen LogP contribution in [0.1, 0.15) is 41.7 Å². The first-order valence-corrected chi connectivity index (χ1v) is 7.35. The summed E-state index contributed by atoms with van der Waals surface area (Å²) < 4.78 is 18.9. The highest BCUT2D eigenvalue weighted by molar-refractivity contribution is 5.94. The molecule has 1 N–H and O–H groups in total. The maximum Gasteiger partial charge on any atom is 0.254 e. The summed E-state index contributed by atoms with van der Waals surface area (Å²) >= 11 is 0. The van der Waals surface area contributed by atoms with Crippen LogP contribution in [-0.4, -0.2) is 13.0 Å². The zero-order chi connectivity index (χ0) is 15.9. The van der Waals surface area contributed by atoms with E-state index in [-0.39, 0.29) is 11.6 Å². The van der Waals surface area contributed by atoms with Gasteiger partial charge in [0, 0.05) is 6.07 Å². The summed E-state index contributed by atoms with van der Waals surface area (Å²) in [4.78, 5) is 12.3. The van der Waals surface area contributed by atoms with Crippen LogP contribution in [0.5, 0.6) is 5.75 Å². The first-order valence-electron chi connectivity index (χ1n) is 7.35. The van der Waals surface area contributed by atoms with Gasteiger partial charge in [-0.2, -0.15) is 0 Å². The van der Waals surface area contributed by atoms with Crippen molar-refractivity contribution in [3.8, 4) is 5.75 Å². The molecule has 0 aromatic heterocycles. The van der Waals surface area contributed by atoms with Gasteiger partial charge in [-0.15, -0.1) is 0 Å². The highest BCUT2D eigenvalue weighted by atomic mass is 19.1. The molecule has 0 aliphatic heterocycles. The van der Waals surface area contributed by atoms with E-state index in [9.17, 15) is 9.18 Å². The van der Waals surface area contributed by atoms with Gasteiger partial charge in [-0.05, 0) is 24.1 Å². The number of rotatable bonds is 6. The lowest BCUT2D eigenvalue weighted by atomic mass is 10.0. The molecule has 2 rings (SSSR count). The molecule has 1 amide bonds. The van der Waals surface area contributed by atoms with E-state index in [1.54, 1.807) is 6.07 Å². The number of carbonyl (C=O) groups is 1. The molecule has 0 bridgehead atoms. The fourth-order valence-electron chi connectivity index (χ4n) is 2.34. The molecule has 0 aliphatic rings. The summed E-state index contributed by atoms with van der Waals surface area (Å²) in [6.45, 7) is 2.05. The van der Waals surface area contributed by atoms with Gasteiger partial charge in [0.05, 0.1) is 18.7 Å². The monoisotopic (exact) mass is 301 g/mol. The number of nitrogens with one attached hydrogen (secondary N) is 1. The molecule has 1 atom stereocenters. The van der Waals surface area contributed by atoms with Gasteiger partial charge in [0.15, 0.2) is 0 Å². The highest BCUT2D eigenvalue weighted by Crippen LogP contribution is 2.21. The molecule has 2 aromatic rings. The molecule has 0 fully saturated rings. The van der Waals surface area contributed by atoms with Crippen LogP contribution < -0.4 is 10.1 Å². The number of methoxy groups -OCH3 is 1. The zero-order valence-corrected chi connectivity index (χ0v) is 12.8. The van der Waals surface area contributed by atoms with E-state index in [1.165, 1.54) is 19.2 Å². The van der Waals surface area contributed by atoms with Gasteiger partial charge in [-0.3, -0.25) is 4.79 Å². The highest BCUT2D eigenvalue weighted by Gasteiger charge is 2.18. The second kappa shape index (κ2) is 7.59. The second-order valence-corrected chi connectivity index (χ2v) is 5.07. The lowest BCUT2D eigenvalue weighted by molar-refractivity contribution is 0.0930. The Kier molecular flexibility index (Phi) is 5.53. The number of ether oxygens (including phenoxy) is 1. The van der Waals surface area contributed by atoms with Gasteiger partial charge < -0.3 is 10.1 Å². The Morgan fingerprint density at radius 2 is 1.95 bits per heavy atom. The van der Waals surface area contributed by atoms with Crippen molar-refractivity contribution >= 4 is 5.91 Å². The number of amides is 1. The van der Waals surface area contributed by atoms with Crippen LogP contribution in [-0.2, 0) is 0 Å². The van der Waals surface area contributed by atoms with Crippen LogP contribution >= 0.6 is 0 Å². The summed E-state index contributed by atoms with van der Waals surface area (Å²) in [6.07, 6.45) is 1.72. The first kappa shape index (κ1) is 16.0. The Balaban J connectivity index is 2.18. The predicted octanol–water partition coefficient (Wildman–Crippen LogP) is 4.11. The van der Waals surface area contributed by atoms with Crippen molar-refractivity contribution in [1.82, 2.24) is 5.32 Å². The van der Waals surface area contributed by atoms with E-state index >= 15 is 0 Å². The average Bonchev–Trinajstić information content (AvgIpc) is 2.55. The van der Waals surface area contributed by atoms with E-state index in [4.69, 9.17) is 4.74 Å². The quantitative estimate of drug-likeness (QED) is 0.872. The fraction of sp³-hybridized carbons (Fsp3) is 0.278. The number of hydrogen-bond donors (Lipinski definition) is 1. The summed E-state index contributed by atoms with van der Waals surface area (Å²) in [6, 6.07) is 13.8. The molecular formula is C18H20FNO2. The molecule has 2 aromatic carbocycles. The minimum atomic E-state index is -0.583. The maximum atomic E-state index is 14.0. The van der Waals surface area contributed by atoms with E-state index in [0.29, 0.717) is 5.75 Å². The Morgan fingerprint density at radius 1 is 1.23 bits per heavy atom. The third-order valence-electron chi connectivity index (χ3n) is 3.51. The molecule has 0 aliphatic carbocycles. The molecular weight excluding hydrogens is 281 g/mol. The van der Waals surface area contributed by atoms with Crippen molar-refractivity contribution in [2.75, 3.05) is 7.11 Å². The lowest BCUT2D eigenvalue weighted by Gasteiger charge is -2.19. The number of benzene rings is 2. The Bertz CT molecular complexity index is 628. The van der Waals surface area contributed by atoms with E-state index < -0.39 is 11.7 Å². The van der Waals surface area contributed by atoms with E-state index in [2.05, 4.69) is 12.2 Å². The summed E-state index contributed by atoms with van der Waals surface area (Å²) in [5, 5.41) is 2.91. The number of halogens is 1. The van der Waals surface area contributed by atoms with Gasteiger partial charge >= 0.3 is 0 Å². The minimum absolute atomic E-state index is 0.0258. The predicted molar refractivity (Wildman–Crippen MR) is 84.5 cm³/mol. The van der Waals surface area contributed by atoms with Gasteiger partial charge in [0.2, 0.25) is 0 Å². The Labute approximate surface area is 130 Å². The largest absolute Gasteiger partial charge is 0.497 e. The average molecular weight is 301 g/mol. The third-order valence-corrected chi connectivity index (χ3v) is 3.51. The fourth-order valence-corrected chi connectivity index (χ4v) is 2.34. The van der Waals surface area contributed by atoms with Crippen molar-refractivity contribution in [3.05, 3.63) is 65.5 Å². The lowest BCUT2D eigenvalue weighted by Crippen LogP contribution is -2.29. The normalized spacial score (nSPS) is 11.8. The zero-order valence-electron chi connectivity index (χ0n) is 12.8. The van der Waals surface area contributed by atoms with E-state index in [1.807, 2.05) is 30.3 Å². The number of carbonyl (C=O) groups excluding carboxylic acids is 1. The Hall–Kier alpha value is -2.36. The van der Waals surface area contributed by atoms with Crippen molar-refractivity contribution in [1.29, 1.82) is 0 Å². The SMILES string of the molecule is CCCC(NC(=O)c1ccc(OC)cc1F)c1ccccc1. The van der Waals surface area contributed by atoms with Gasteiger partial charge in [0.1, 0.15) is 11.6 Å². The molecule has 0 spiro atoms. The smallest absolute Gasteiger partial charge is 0.254 e. The van der Waals surface area contributed by atoms with E-state index in [0.717, 1.165) is 18.4 Å². The molecule has 1 unspecified atom stereocenters. The summed E-state index contributed by atoms with van der Waals surface area (Å²) in [7, 11) is 1.46. The maximum absolute atomic E-state index is 14.0. The van der Waals surface area contributed by atoms with Gasteiger partial charge in [0.25, 0.3) is 5.91 Å². The van der Waals surface area contributed by atoms with Crippen LogP contribution in [0.15, 0.2) is 48.5 Å². The van der Waals surface area contributed by atoms with Crippen LogP contribution in [0.4, 0.5) is 4.39 Å². The third kappa shape index (κ3) is 3.85. The number of hydrogen-bond acceptors (Lipinski definition) is 2. The molecule has 0 heterocycles. The second-order valence-electron chi connectivity index (χ2n) is 5.07. The van der Waals surface area contributed by atoms with Crippen molar-refractivity contribution in [3.63, 3.8) is 0 Å². The summed E-state index contributed by atoms with van der Waals surface area (Å²) in [5.74, 6) is -0.607. The Morgan fingerprint density at radius 3 is 2.55 bits per heavy atom. The molecule has 4 heteroatoms. The van der Waals surface area contributed by atoms with Crippen molar-refractivity contribution < 1.29 is 13.9 Å². The van der Waals surface area contributed by atoms with Crippen molar-refractivity contribution in [2.45, 2.75) is 25.8 Å². The molecule has 0 saturated heterocycles. The van der Waals surface area contributed by atoms with Crippen molar-refractivity contribution in [2.24, 2.45) is 0 Å². The standard InChI is InChI=1S/C18H20FNO2/c1-3-7-17(13-8-5-4-6-9-13)20-18(21)15-11-10-14(22-2)12-16(15)19/h4-6,8-12,17H,3,7H2,1-2H3,(H,20,21). The molecule has 0 radical (unpaired) electrons. The summed E-state index contributed by atoms with van der Waals surface area (Å²) in [5.41, 5.74) is 1.05. The van der Waals surface area contributed by atoms with Crippen LogP contribution in [0.3, 0.4) is 0 Å². The minimum Gasteiger partial charge on any atom is -0.497 e. The topological polar surface area (TPSA) is 38.3 Å².